The van der Waals surface area contributed by atoms with Gasteiger partial charge in [-0.05, 0) is 42.0 Å². The van der Waals surface area contributed by atoms with E-state index in [2.05, 4.69) is 26.5 Å². The molecule has 0 spiro atoms. The van der Waals surface area contributed by atoms with E-state index in [1.54, 1.807) is 42.5 Å². The van der Waals surface area contributed by atoms with Crippen molar-refractivity contribution in [2.45, 2.75) is 4.90 Å². The standard InChI is InChI=1S/C19H21BrN4O4S/c20-16-4-6-18(7-5-16)29(27,28)24-10-8-23(9-11-24)14-19(26)22-21-13-15-2-1-3-17(25)12-15/h1-7,12-13,25H,8-11,14H2,(H,22,26)/b21-13+. The number of sulfonamides is 1. The van der Waals surface area contributed by atoms with E-state index in [1.165, 1.54) is 16.6 Å². The second kappa shape index (κ2) is 9.49. The van der Waals surface area contributed by atoms with Crippen molar-refractivity contribution in [3.63, 3.8) is 0 Å². The lowest BCUT2D eigenvalue weighted by molar-refractivity contribution is -0.122. The molecule has 2 aromatic carbocycles. The number of nitrogens with one attached hydrogen (secondary N) is 1. The molecule has 0 atom stereocenters. The van der Waals surface area contributed by atoms with Gasteiger partial charge in [-0.25, -0.2) is 13.8 Å². The summed E-state index contributed by atoms with van der Waals surface area (Å²) in [4.78, 5) is 14.2. The summed E-state index contributed by atoms with van der Waals surface area (Å²) in [5, 5.41) is 13.3. The first-order valence-corrected chi connectivity index (χ1v) is 11.2. The third-order valence-corrected chi connectivity index (χ3v) is 6.86. The molecule has 0 aromatic heterocycles. The van der Waals surface area contributed by atoms with Crippen LogP contribution in [0.5, 0.6) is 5.75 Å². The maximum Gasteiger partial charge on any atom is 0.254 e. The number of phenols is 1. The summed E-state index contributed by atoms with van der Waals surface area (Å²) in [6.07, 6.45) is 1.44. The zero-order valence-electron chi connectivity index (χ0n) is 15.5. The smallest absolute Gasteiger partial charge is 0.254 e. The van der Waals surface area contributed by atoms with Crippen molar-refractivity contribution in [3.05, 3.63) is 58.6 Å². The molecular formula is C19H21BrN4O4S. The average molecular weight is 481 g/mol. The topological polar surface area (TPSA) is 102 Å². The van der Waals surface area contributed by atoms with E-state index < -0.39 is 10.0 Å². The Balaban J connectivity index is 1.48. The summed E-state index contributed by atoms with van der Waals surface area (Å²) in [6.45, 7) is 1.68. The molecule has 1 saturated heterocycles. The van der Waals surface area contributed by atoms with Crippen LogP contribution in [0.15, 0.2) is 63.0 Å². The molecule has 2 N–H and O–H groups in total. The average Bonchev–Trinajstić information content (AvgIpc) is 2.69. The first-order valence-electron chi connectivity index (χ1n) is 8.93. The Morgan fingerprint density at radius 3 is 2.48 bits per heavy atom. The number of carbonyl (C=O) groups excluding carboxylic acids is 1. The minimum atomic E-state index is -3.54. The van der Waals surface area contributed by atoms with E-state index >= 15 is 0 Å². The molecule has 0 radical (unpaired) electrons. The first kappa shape index (κ1) is 21.4. The second-order valence-corrected chi connectivity index (χ2v) is 9.38. The van der Waals surface area contributed by atoms with Crippen LogP contribution in [0.2, 0.25) is 0 Å². The lowest BCUT2D eigenvalue weighted by Gasteiger charge is -2.33. The van der Waals surface area contributed by atoms with Gasteiger partial charge in [-0.1, -0.05) is 28.1 Å². The molecule has 3 rings (SSSR count). The molecule has 29 heavy (non-hydrogen) atoms. The largest absolute Gasteiger partial charge is 0.508 e. The fraction of sp³-hybridized carbons (Fsp3) is 0.263. The Labute approximate surface area is 178 Å². The molecule has 10 heteroatoms. The molecule has 1 aliphatic heterocycles. The number of aromatic hydroxyl groups is 1. The highest BCUT2D eigenvalue weighted by Crippen LogP contribution is 2.20. The van der Waals surface area contributed by atoms with Crippen molar-refractivity contribution >= 4 is 38.1 Å². The third-order valence-electron chi connectivity index (χ3n) is 4.42. The van der Waals surface area contributed by atoms with E-state index in [0.29, 0.717) is 31.7 Å². The molecule has 154 valence electrons. The summed E-state index contributed by atoms with van der Waals surface area (Å²) >= 11 is 3.30. The molecule has 1 heterocycles. The van der Waals surface area contributed by atoms with Crippen LogP contribution >= 0.6 is 15.9 Å². The van der Waals surface area contributed by atoms with Crippen LogP contribution in [0.3, 0.4) is 0 Å². The molecule has 0 aliphatic carbocycles. The summed E-state index contributed by atoms with van der Waals surface area (Å²) < 4.78 is 27.7. The third kappa shape index (κ3) is 5.86. The summed E-state index contributed by atoms with van der Waals surface area (Å²) in [7, 11) is -3.54. The zero-order valence-corrected chi connectivity index (χ0v) is 17.9. The second-order valence-electron chi connectivity index (χ2n) is 6.52. The van der Waals surface area contributed by atoms with Gasteiger partial charge in [-0.3, -0.25) is 9.69 Å². The van der Waals surface area contributed by atoms with Gasteiger partial charge in [0.05, 0.1) is 17.7 Å². The number of nitrogens with zero attached hydrogens (tertiary/aromatic N) is 3. The Kier molecular flexibility index (Phi) is 7.01. The quantitative estimate of drug-likeness (QED) is 0.482. The number of piperazine rings is 1. The van der Waals surface area contributed by atoms with Crippen molar-refractivity contribution in [2.24, 2.45) is 5.10 Å². The molecule has 0 unspecified atom stereocenters. The Morgan fingerprint density at radius 1 is 1.14 bits per heavy atom. The van der Waals surface area contributed by atoms with Crippen molar-refractivity contribution in [2.75, 3.05) is 32.7 Å². The van der Waals surface area contributed by atoms with Crippen LogP contribution in [0, 0.1) is 0 Å². The van der Waals surface area contributed by atoms with Gasteiger partial charge in [-0.2, -0.15) is 9.41 Å². The molecule has 0 bridgehead atoms. The van der Waals surface area contributed by atoms with Gasteiger partial charge in [-0.15, -0.1) is 0 Å². The molecule has 8 nitrogen and oxygen atoms in total. The maximum atomic E-state index is 12.7. The van der Waals surface area contributed by atoms with E-state index in [4.69, 9.17) is 0 Å². The highest BCUT2D eigenvalue weighted by atomic mass is 79.9. The fourth-order valence-corrected chi connectivity index (χ4v) is 4.59. The molecular weight excluding hydrogens is 460 g/mol. The lowest BCUT2D eigenvalue weighted by Crippen LogP contribution is -2.50. The summed E-state index contributed by atoms with van der Waals surface area (Å²) in [6, 6.07) is 13.1. The van der Waals surface area contributed by atoms with Gasteiger partial charge in [0.2, 0.25) is 10.0 Å². The van der Waals surface area contributed by atoms with Gasteiger partial charge in [0, 0.05) is 30.7 Å². The lowest BCUT2D eigenvalue weighted by atomic mass is 10.2. The minimum absolute atomic E-state index is 0.122. The zero-order chi connectivity index (χ0) is 20.9. The first-order chi connectivity index (χ1) is 13.8. The van der Waals surface area contributed by atoms with Gasteiger partial charge in [0.1, 0.15) is 5.75 Å². The Hall–Kier alpha value is -2.27. The van der Waals surface area contributed by atoms with Crippen molar-refractivity contribution < 1.29 is 18.3 Å². The number of hydrogen-bond acceptors (Lipinski definition) is 6. The monoisotopic (exact) mass is 480 g/mol. The van der Waals surface area contributed by atoms with Crippen LogP contribution in [0.25, 0.3) is 0 Å². The van der Waals surface area contributed by atoms with Crippen LogP contribution in [-0.2, 0) is 14.8 Å². The molecule has 0 saturated carbocycles. The number of hydrazone groups is 1. The van der Waals surface area contributed by atoms with E-state index in [-0.39, 0.29) is 23.1 Å². The van der Waals surface area contributed by atoms with Gasteiger partial charge < -0.3 is 5.11 Å². The minimum Gasteiger partial charge on any atom is -0.508 e. The molecule has 1 aliphatic rings. The van der Waals surface area contributed by atoms with E-state index in [1.807, 2.05) is 4.90 Å². The van der Waals surface area contributed by atoms with Crippen molar-refractivity contribution in [3.8, 4) is 5.75 Å². The Morgan fingerprint density at radius 2 is 1.83 bits per heavy atom. The highest BCUT2D eigenvalue weighted by molar-refractivity contribution is 9.10. The van der Waals surface area contributed by atoms with Gasteiger partial charge in [0.25, 0.3) is 5.91 Å². The van der Waals surface area contributed by atoms with Crippen molar-refractivity contribution in [1.82, 2.24) is 14.6 Å². The SMILES string of the molecule is O=C(CN1CCN(S(=O)(=O)c2ccc(Br)cc2)CC1)N/N=C/c1cccc(O)c1. The highest BCUT2D eigenvalue weighted by Gasteiger charge is 2.28. The predicted molar refractivity (Wildman–Crippen MR) is 113 cm³/mol. The number of halogens is 1. The summed E-state index contributed by atoms with van der Waals surface area (Å²) in [5.74, 6) is -0.165. The number of phenolic OH excluding ortho intramolecular Hbond substituents is 1. The molecule has 2 aromatic rings. The van der Waals surface area contributed by atoms with E-state index in [0.717, 1.165) is 4.47 Å². The van der Waals surface area contributed by atoms with Gasteiger partial charge in [0.15, 0.2) is 0 Å². The predicted octanol–water partition coefficient (Wildman–Crippen LogP) is 1.61. The number of carbonyl (C=O) groups is 1. The van der Waals surface area contributed by atoms with Crippen molar-refractivity contribution in [1.29, 1.82) is 0 Å². The van der Waals surface area contributed by atoms with Crippen LogP contribution in [0.4, 0.5) is 0 Å². The van der Waals surface area contributed by atoms with Gasteiger partial charge >= 0.3 is 0 Å². The maximum absolute atomic E-state index is 12.7. The van der Waals surface area contributed by atoms with Crippen LogP contribution < -0.4 is 5.43 Å². The molecule has 1 fully saturated rings. The molecule has 1 amide bonds. The number of rotatable bonds is 6. The number of amides is 1. The van der Waals surface area contributed by atoms with Crippen LogP contribution in [0.1, 0.15) is 5.56 Å². The normalized spacial score (nSPS) is 16.2. The fourth-order valence-electron chi connectivity index (χ4n) is 2.91. The summed E-state index contributed by atoms with van der Waals surface area (Å²) in [5.41, 5.74) is 3.11. The number of benzene rings is 2. The van der Waals surface area contributed by atoms with Crippen LogP contribution in [-0.4, -0.2) is 67.6 Å². The van der Waals surface area contributed by atoms with E-state index in [9.17, 15) is 18.3 Å². The number of hydrogen-bond donors (Lipinski definition) is 2. The Bertz CT molecular complexity index is 988.